The van der Waals surface area contributed by atoms with Gasteiger partial charge in [-0.05, 0) is 17.7 Å². The van der Waals surface area contributed by atoms with E-state index in [0.29, 0.717) is 11.3 Å². The molecular weight excluding hydrogens is 262 g/mol. The van der Waals surface area contributed by atoms with Crippen molar-refractivity contribution in [3.05, 3.63) is 66.0 Å². The van der Waals surface area contributed by atoms with Crippen LogP contribution in [0.1, 0.15) is 11.3 Å². The van der Waals surface area contributed by atoms with Crippen LogP contribution in [-0.2, 0) is 15.4 Å². The lowest BCUT2D eigenvalue weighted by Crippen LogP contribution is -2.36. The molecule has 0 saturated heterocycles. The number of aliphatic hydroxyl groups is 1. The number of nitrogens with zero attached hydrogens (tertiary/aromatic N) is 1. The number of hydrogen-bond donors (Lipinski definition) is 1. The molecule has 100 valence electrons. The summed E-state index contributed by atoms with van der Waals surface area (Å²) >= 11 is 0. The number of rotatable bonds is 4. The second-order valence-electron chi connectivity index (χ2n) is 4.51. The van der Waals surface area contributed by atoms with Crippen molar-refractivity contribution in [2.45, 2.75) is 5.60 Å². The molecule has 0 radical (unpaired) electrons. The first-order valence-electron chi connectivity index (χ1n) is 5.79. The monoisotopic (exact) mass is 277 g/mol. The molecule has 0 amide bonds. The van der Waals surface area contributed by atoms with Gasteiger partial charge in [0.2, 0.25) is 0 Å². The fraction of sp³-hybridized carbons (Fsp3) is 0.214. The Hall–Kier alpha value is -1.72. The summed E-state index contributed by atoms with van der Waals surface area (Å²) in [5.74, 6) is -0.402. The molecule has 19 heavy (non-hydrogen) atoms. The SMILES string of the molecule is CS(=O)(=O)C[C@](O)(c1ccccc1)c1ccccn1. The fourth-order valence-electron chi connectivity index (χ4n) is 2.01. The summed E-state index contributed by atoms with van der Waals surface area (Å²) in [6.07, 6.45) is 2.63. The molecule has 0 aliphatic carbocycles. The predicted molar refractivity (Wildman–Crippen MR) is 73.4 cm³/mol. The Kier molecular flexibility index (Phi) is 3.68. The Morgan fingerprint density at radius 2 is 1.74 bits per heavy atom. The largest absolute Gasteiger partial charge is 0.378 e. The van der Waals surface area contributed by atoms with Crippen LogP contribution in [0.5, 0.6) is 0 Å². The Balaban J connectivity index is 2.57. The molecule has 0 saturated carbocycles. The van der Waals surface area contributed by atoms with Crippen molar-refractivity contribution in [3.8, 4) is 0 Å². The van der Waals surface area contributed by atoms with Gasteiger partial charge in [0.05, 0.1) is 11.4 Å². The lowest BCUT2D eigenvalue weighted by Gasteiger charge is -2.27. The first kappa shape index (κ1) is 13.7. The van der Waals surface area contributed by atoms with E-state index in [1.807, 2.05) is 6.07 Å². The summed E-state index contributed by atoms with van der Waals surface area (Å²) in [6, 6.07) is 13.8. The van der Waals surface area contributed by atoms with Crippen LogP contribution < -0.4 is 0 Å². The van der Waals surface area contributed by atoms with Gasteiger partial charge in [0.1, 0.15) is 5.60 Å². The van der Waals surface area contributed by atoms with Gasteiger partial charge >= 0.3 is 0 Å². The number of benzene rings is 1. The average molecular weight is 277 g/mol. The number of hydrogen-bond acceptors (Lipinski definition) is 4. The Morgan fingerprint density at radius 1 is 1.11 bits per heavy atom. The standard InChI is InChI=1S/C14H15NO3S/c1-19(17,18)11-14(16,12-7-3-2-4-8-12)13-9-5-6-10-15-13/h2-10,16H,11H2,1H3/t14-/m0/s1. The Bertz CT molecular complexity index is 599. The number of aromatic nitrogens is 1. The molecule has 1 heterocycles. The number of sulfone groups is 1. The van der Waals surface area contributed by atoms with Crippen molar-refractivity contribution in [2.75, 3.05) is 12.0 Å². The molecule has 1 aromatic heterocycles. The molecule has 0 spiro atoms. The maximum atomic E-state index is 11.6. The lowest BCUT2D eigenvalue weighted by molar-refractivity contribution is 0.101. The van der Waals surface area contributed by atoms with E-state index in [0.717, 1.165) is 6.26 Å². The second-order valence-corrected chi connectivity index (χ2v) is 6.65. The van der Waals surface area contributed by atoms with Gasteiger partial charge < -0.3 is 5.11 Å². The number of pyridine rings is 1. The summed E-state index contributed by atoms with van der Waals surface area (Å²) in [6.45, 7) is 0. The molecule has 0 aliphatic heterocycles. The first-order valence-corrected chi connectivity index (χ1v) is 7.85. The van der Waals surface area contributed by atoms with Crippen molar-refractivity contribution >= 4 is 9.84 Å². The molecule has 5 heteroatoms. The quantitative estimate of drug-likeness (QED) is 0.916. The summed E-state index contributed by atoms with van der Waals surface area (Å²) in [5, 5.41) is 10.8. The fourth-order valence-corrected chi connectivity index (χ4v) is 3.08. The third kappa shape index (κ3) is 3.19. The molecule has 0 unspecified atom stereocenters. The van der Waals surface area contributed by atoms with Crippen molar-refractivity contribution < 1.29 is 13.5 Å². The first-order chi connectivity index (χ1) is 8.92. The van der Waals surface area contributed by atoms with Gasteiger partial charge in [-0.2, -0.15) is 0 Å². The highest BCUT2D eigenvalue weighted by Crippen LogP contribution is 2.29. The summed E-state index contributed by atoms with van der Waals surface area (Å²) in [5.41, 5.74) is -0.790. The third-order valence-corrected chi connectivity index (χ3v) is 3.75. The summed E-state index contributed by atoms with van der Waals surface area (Å²) in [7, 11) is -3.37. The van der Waals surface area contributed by atoms with E-state index in [1.54, 1.807) is 42.5 Å². The highest BCUT2D eigenvalue weighted by Gasteiger charge is 2.36. The molecule has 0 fully saturated rings. The average Bonchev–Trinajstić information content (AvgIpc) is 2.39. The van der Waals surface area contributed by atoms with Gasteiger partial charge in [-0.1, -0.05) is 36.4 Å². The molecule has 1 aromatic carbocycles. The van der Waals surface area contributed by atoms with Crippen LogP contribution in [0.2, 0.25) is 0 Å². The van der Waals surface area contributed by atoms with E-state index in [4.69, 9.17) is 0 Å². The topological polar surface area (TPSA) is 67.3 Å². The van der Waals surface area contributed by atoms with Crippen molar-refractivity contribution in [1.82, 2.24) is 4.98 Å². The van der Waals surface area contributed by atoms with E-state index in [9.17, 15) is 13.5 Å². The highest BCUT2D eigenvalue weighted by atomic mass is 32.2. The highest BCUT2D eigenvalue weighted by molar-refractivity contribution is 7.90. The molecule has 2 rings (SSSR count). The van der Waals surface area contributed by atoms with E-state index >= 15 is 0 Å². The molecule has 1 atom stereocenters. The lowest BCUT2D eigenvalue weighted by atomic mass is 9.92. The molecule has 1 N–H and O–H groups in total. The van der Waals surface area contributed by atoms with Crippen LogP contribution in [0.4, 0.5) is 0 Å². The van der Waals surface area contributed by atoms with E-state index in [-0.39, 0.29) is 0 Å². The van der Waals surface area contributed by atoms with Gasteiger partial charge in [-0.3, -0.25) is 4.98 Å². The van der Waals surface area contributed by atoms with Gasteiger partial charge in [0, 0.05) is 12.5 Å². The van der Waals surface area contributed by atoms with Crippen LogP contribution in [-0.4, -0.2) is 30.5 Å². The molecule has 0 aliphatic rings. The van der Waals surface area contributed by atoms with E-state index in [2.05, 4.69) is 4.98 Å². The van der Waals surface area contributed by atoms with Gasteiger partial charge in [0.15, 0.2) is 9.84 Å². The molecule has 0 bridgehead atoms. The minimum Gasteiger partial charge on any atom is -0.378 e. The predicted octanol–water partition coefficient (Wildman–Crippen LogP) is 1.36. The maximum Gasteiger partial charge on any atom is 0.151 e. The van der Waals surface area contributed by atoms with E-state index < -0.39 is 21.2 Å². The molecule has 4 nitrogen and oxygen atoms in total. The zero-order valence-electron chi connectivity index (χ0n) is 10.5. The van der Waals surface area contributed by atoms with Gasteiger partial charge in [-0.25, -0.2) is 8.42 Å². The third-order valence-electron chi connectivity index (χ3n) is 2.81. The second kappa shape index (κ2) is 5.11. The van der Waals surface area contributed by atoms with Crippen molar-refractivity contribution in [2.24, 2.45) is 0 Å². The summed E-state index contributed by atoms with van der Waals surface area (Å²) in [4.78, 5) is 4.10. The minimum atomic E-state index is -3.37. The zero-order valence-corrected chi connectivity index (χ0v) is 11.3. The normalized spacial score (nSPS) is 14.8. The van der Waals surface area contributed by atoms with Crippen LogP contribution in [0.3, 0.4) is 0 Å². The van der Waals surface area contributed by atoms with E-state index in [1.165, 1.54) is 6.20 Å². The molecule has 2 aromatic rings. The zero-order chi connectivity index (χ0) is 13.9. The molecular formula is C14H15NO3S. The smallest absolute Gasteiger partial charge is 0.151 e. The Labute approximate surface area is 112 Å². The summed E-state index contributed by atoms with van der Waals surface area (Å²) < 4.78 is 23.2. The van der Waals surface area contributed by atoms with Crippen molar-refractivity contribution in [1.29, 1.82) is 0 Å². The van der Waals surface area contributed by atoms with Gasteiger partial charge in [0.25, 0.3) is 0 Å². The minimum absolute atomic E-state index is 0.326. The van der Waals surface area contributed by atoms with Crippen LogP contribution in [0, 0.1) is 0 Å². The van der Waals surface area contributed by atoms with Gasteiger partial charge in [-0.15, -0.1) is 0 Å². The van der Waals surface area contributed by atoms with Crippen LogP contribution in [0.25, 0.3) is 0 Å². The van der Waals surface area contributed by atoms with Crippen molar-refractivity contribution in [3.63, 3.8) is 0 Å². The van der Waals surface area contributed by atoms with Crippen LogP contribution in [0.15, 0.2) is 54.7 Å². The van der Waals surface area contributed by atoms with Crippen LogP contribution >= 0.6 is 0 Å². The maximum absolute atomic E-state index is 11.6. The Morgan fingerprint density at radius 3 is 2.26 bits per heavy atom.